The first-order valence-electron chi connectivity index (χ1n) is 4.72. The topological polar surface area (TPSA) is 107 Å². The van der Waals surface area contributed by atoms with E-state index in [4.69, 9.17) is 15.3 Å². The largest absolute Gasteiger partial charge is 0.504 e. The number of aliphatic hydroxyl groups excluding tert-OH is 2. The summed E-state index contributed by atoms with van der Waals surface area (Å²) in [7, 11) is 0. The Morgan fingerprint density at radius 3 is 2.65 bits per heavy atom. The third-order valence-electron chi connectivity index (χ3n) is 1.82. The molecule has 1 aromatic rings. The van der Waals surface area contributed by atoms with Crippen molar-refractivity contribution in [3.63, 3.8) is 0 Å². The molecule has 0 aromatic heterocycles. The summed E-state index contributed by atoms with van der Waals surface area (Å²) < 4.78 is 4.34. The standard InChI is InChI=1S/C11H12O6/c12-6-11(16)17-10(15)4-2-7-1-3-8(13)9(14)5-7/h1-5,11-14,16H,6H2/b4-2+. The zero-order valence-electron chi connectivity index (χ0n) is 8.78. The SMILES string of the molecule is O=C(/C=C/c1ccc(O)c(O)c1)OC(O)CO. The van der Waals surface area contributed by atoms with Crippen LogP contribution in [0.3, 0.4) is 0 Å². The molecule has 4 N–H and O–H groups in total. The summed E-state index contributed by atoms with van der Waals surface area (Å²) in [5.74, 6) is -1.41. The van der Waals surface area contributed by atoms with Gasteiger partial charge in [0.2, 0.25) is 6.29 Å². The molecule has 0 fully saturated rings. The van der Waals surface area contributed by atoms with Gasteiger partial charge in [-0.15, -0.1) is 0 Å². The lowest BCUT2D eigenvalue weighted by Crippen LogP contribution is -2.19. The van der Waals surface area contributed by atoms with E-state index < -0.39 is 18.9 Å². The van der Waals surface area contributed by atoms with E-state index >= 15 is 0 Å². The minimum atomic E-state index is -1.56. The number of hydrogen-bond donors (Lipinski definition) is 4. The number of ether oxygens (including phenoxy) is 1. The van der Waals surface area contributed by atoms with Crippen LogP contribution in [0.2, 0.25) is 0 Å². The van der Waals surface area contributed by atoms with Gasteiger partial charge < -0.3 is 25.2 Å². The Balaban J connectivity index is 2.64. The van der Waals surface area contributed by atoms with Gasteiger partial charge in [-0.25, -0.2) is 4.79 Å². The van der Waals surface area contributed by atoms with Gasteiger partial charge in [0.1, 0.15) is 6.61 Å². The van der Waals surface area contributed by atoms with Crippen LogP contribution in [0.5, 0.6) is 11.5 Å². The van der Waals surface area contributed by atoms with Crippen LogP contribution in [0.1, 0.15) is 5.56 Å². The van der Waals surface area contributed by atoms with Gasteiger partial charge in [-0.1, -0.05) is 6.07 Å². The molecule has 0 bridgehead atoms. The predicted molar refractivity (Wildman–Crippen MR) is 58.0 cm³/mol. The van der Waals surface area contributed by atoms with Crippen LogP contribution in [0.15, 0.2) is 24.3 Å². The zero-order chi connectivity index (χ0) is 12.8. The molecule has 17 heavy (non-hydrogen) atoms. The molecule has 0 amide bonds. The Morgan fingerprint density at radius 1 is 1.35 bits per heavy atom. The van der Waals surface area contributed by atoms with E-state index in [0.717, 1.165) is 6.08 Å². The normalized spacial score (nSPS) is 12.6. The van der Waals surface area contributed by atoms with Gasteiger partial charge in [-0.3, -0.25) is 0 Å². The lowest BCUT2D eigenvalue weighted by molar-refractivity contribution is -0.167. The Bertz CT molecular complexity index is 426. The quantitative estimate of drug-likeness (QED) is 0.255. The first kappa shape index (κ1) is 13.0. The average Bonchev–Trinajstić information content (AvgIpc) is 2.30. The van der Waals surface area contributed by atoms with Gasteiger partial charge in [-0.05, 0) is 23.8 Å². The van der Waals surface area contributed by atoms with E-state index in [0.29, 0.717) is 5.56 Å². The van der Waals surface area contributed by atoms with Crippen LogP contribution >= 0.6 is 0 Å². The van der Waals surface area contributed by atoms with E-state index in [2.05, 4.69) is 4.74 Å². The fourth-order valence-electron chi connectivity index (χ4n) is 1.02. The van der Waals surface area contributed by atoms with Gasteiger partial charge in [0.05, 0.1) is 0 Å². The van der Waals surface area contributed by atoms with Crippen molar-refractivity contribution in [3.8, 4) is 11.5 Å². The Kier molecular flexibility index (Phi) is 4.50. The highest BCUT2D eigenvalue weighted by molar-refractivity contribution is 5.87. The maximum atomic E-state index is 11.0. The van der Waals surface area contributed by atoms with Crippen LogP contribution in [-0.2, 0) is 9.53 Å². The van der Waals surface area contributed by atoms with Crippen molar-refractivity contribution in [2.75, 3.05) is 6.61 Å². The van der Waals surface area contributed by atoms with E-state index in [9.17, 15) is 9.90 Å². The highest BCUT2D eigenvalue weighted by atomic mass is 16.6. The smallest absolute Gasteiger partial charge is 0.333 e. The lowest BCUT2D eigenvalue weighted by Gasteiger charge is -2.05. The maximum Gasteiger partial charge on any atom is 0.333 e. The van der Waals surface area contributed by atoms with Gasteiger partial charge >= 0.3 is 5.97 Å². The highest BCUT2D eigenvalue weighted by Crippen LogP contribution is 2.25. The van der Waals surface area contributed by atoms with Gasteiger partial charge in [-0.2, -0.15) is 0 Å². The number of aromatic hydroxyl groups is 2. The Morgan fingerprint density at radius 2 is 2.06 bits per heavy atom. The van der Waals surface area contributed by atoms with Crippen molar-refractivity contribution in [1.82, 2.24) is 0 Å². The van der Waals surface area contributed by atoms with E-state index in [1.165, 1.54) is 24.3 Å². The van der Waals surface area contributed by atoms with E-state index in [-0.39, 0.29) is 11.5 Å². The second-order valence-electron chi connectivity index (χ2n) is 3.16. The summed E-state index contributed by atoms with van der Waals surface area (Å²) in [6.45, 7) is -0.681. The number of carbonyl (C=O) groups is 1. The number of benzene rings is 1. The number of aliphatic hydroxyl groups is 2. The molecule has 0 aliphatic carbocycles. The molecule has 0 heterocycles. The average molecular weight is 240 g/mol. The molecular weight excluding hydrogens is 228 g/mol. The van der Waals surface area contributed by atoms with E-state index in [1.807, 2.05) is 0 Å². The molecule has 1 atom stereocenters. The first-order valence-corrected chi connectivity index (χ1v) is 4.72. The summed E-state index contributed by atoms with van der Waals surface area (Å²) >= 11 is 0. The van der Waals surface area contributed by atoms with Crippen molar-refractivity contribution >= 4 is 12.0 Å². The van der Waals surface area contributed by atoms with Crippen LogP contribution in [-0.4, -0.2) is 39.3 Å². The lowest BCUT2D eigenvalue weighted by atomic mass is 10.2. The number of esters is 1. The number of carbonyl (C=O) groups excluding carboxylic acids is 1. The van der Waals surface area contributed by atoms with E-state index in [1.54, 1.807) is 0 Å². The van der Waals surface area contributed by atoms with Crippen LogP contribution < -0.4 is 0 Å². The molecule has 6 nitrogen and oxygen atoms in total. The molecule has 0 aliphatic heterocycles. The molecule has 0 radical (unpaired) electrons. The number of rotatable bonds is 4. The molecule has 0 saturated carbocycles. The number of phenols is 2. The zero-order valence-corrected chi connectivity index (χ0v) is 8.78. The molecule has 0 aliphatic rings. The predicted octanol–water partition coefficient (Wildman–Crippen LogP) is -0.0351. The number of hydrogen-bond acceptors (Lipinski definition) is 6. The highest BCUT2D eigenvalue weighted by Gasteiger charge is 2.06. The summed E-state index contributed by atoms with van der Waals surface area (Å²) in [6.07, 6.45) is 0.788. The molecule has 0 spiro atoms. The summed E-state index contributed by atoms with van der Waals surface area (Å²) in [5, 5.41) is 35.5. The summed E-state index contributed by atoms with van der Waals surface area (Å²) in [6, 6.07) is 3.99. The summed E-state index contributed by atoms with van der Waals surface area (Å²) in [5.41, 5.74) is 0.468. The van der Waals surface area contributed by atoms with Gasteiger partial charge in [0.25, 0.3) is 0 Å². The third kappa shape index (κ3) is 4.13. The van der Waals surface area contributed by atoms with Crippen molar-refractivity contribution in [2.24, 2.45) is 0 Å². The monoisotopic (exact) mass is 240 g/mol. The van der Waals surface area contributed by atoms with Crippen LogP contribution in [0.4, 0.5) is 0 Å². The molecule has 1 aromatic carbocycles. The maximum absolute atomic E-state index is 11.0. The molecule has 1 rings (SSSR count). The fraction of sp³-hybridized carbons (Fsp3) is 0.182. The third-order valence-corrected chi connectivity index (χ3v) is 1.82. The molecule has 1 unspecified atom stereocenters. The van der Waals surface area contributed by atoms with Gasteiger partial charge in [0.15, 0.2) is 11.5 Å². The second kappa shape index (κ2) is 5.88. The minimum absolute atomic E-state index is 0.263. The Labute approximate surface area is 97.0 Å². The molecule has 0 saturated heterocycles. The van der Waals surface area contributed by atoms with Crippen molar-refractivity contribution in [1.29, 1.82) is 0 Å². The van der Waals surface area contributed by atoms with Crippen molar-refractivity contribution < 1.29 is 30.0 Å². The fourth-order valence-corrected chi connectivity index (χ4v) is 1.02. The number of phenolic OH excluding ortho intramolecular Hbond substituents is 2. The first-order chi connectivity index (χ1) is 8.02. The molecule has 92 valence electrons. The van der Waals surface area contributed by atoms with Crippen molar-refractivity contribution in [3.05, 3.63) is 29.8 Å². The Hall–Kier alpha value is -2.05. The molecular formula is C11H12O6. The summed E-state index contributed by atoms with van der Waals surface area (Å²) in [4.78, 5) is 11.0. The molecule has 6 heteroatoms. The van der Waals surface area contributed by atoms with Gasteiger partial charge in [0, 0.05) is 6.08 Å². The second-order valence-corrected chi connectivity index (χ2v) is 3.16. The van der Waals surface area contributed by atoms with Crippen LogP contribution in [0.25, 0.3) is 6.08 Å². The minimum Gasteiger partial charge on any atom is -0.504 e. The van der Waals surface area contributed by atoms with Crippen molar-refractivity contribution in [2.45, 2.75) is 6.29 Å². The van der Waals surface area contributed by atoms with Crippen LogP contribution in [0, 0.1) is 0 Å².